The van der Waals surface area contributed by atoms with E-state index in [1.165, 1.54) is 18.7 Å². The summed E-state index contributed by atoms with van der Waals surface area (Å²) in [4.78, 5) is 6.94. The maximum atomic E-state index is 5.97. The molecular formula is C18H23N5O. The summed E-state index contributed by atoms with van der Waals surface area (Å²) in [5.74, 6) is 3.03. The number of piperidine rings is 1. The zero-order valence-corrected chi connectivity index (χ0v) is 14.0. The molecule has 1 saturated heterocycles. The normalized spacial score (nSPS) is 19.0. The van der Waals surface area contributed by atoms with Crippen molar-refractivity contribution in [3.8, 4) is 11.5 Å². The second kappa shape index (κ2) is 6.65. The molecule has 1 N–H and O–H groups in total. The van der Waals surface area contributed by atoms with Gasteiger partial charge in [-0.15, -0.1) is 0 Å². The van der Waals surface area contributed by atoms with Crippen LogP contribution >= 0.6 is 0 Å². The molecule has 1 fully saturated rings. The van der Waals surface area contributed by atoms with E-state index in [0.29, 0.717) is 6.04 Å². The Labute approximate surface area is 141 Å². The number of hydrogen-bond donors (Lipinski definition) is 1. The molecule has 0 bridgehead atoms. The van der Waals surface area contributed by atoms with Crippen molar-refractivity contribution in [2.45, 2.75) is 38.8 Å². The van der Waals surface area contributed by atoms with E-state index in [1.54, 1.807) is 6.20 Å². The van der Waals surface area contributed by atoms with Crippen LogP contribution in [0.4, 0.5) is 0 Å². The molecule has 0 radical (unpaired) electrons. The van der Waals surface area contributed by atoms with E-state index in [0.717, 1.165) is 43.3 Å². The maximum absolute atomic E-state index is 5.97. The molecule has 3 aromatic rings. The van der Waals surface area contributed by atoms with Gasteiger partial charge in [-0.3, -0.25) is 10.00 Å². The minimum atomic E-state index is 0.512. The third kappa shape index (κ3) is 3.01. The van der Waals surface area contributed by atoms with Crippen LogP contribution < -0.4 is 0 Å². The quantitative estimate of drug-likeness (QED) is 0.782. The standard InChI is InChI=1S/C18H23N5O/c1-2-18-19-9-11-23(18)14-4-3-10-22(12-14)13-15-5-6-17(24-15)16-7-8-20-21-16/h5-9,11,14H,2-4,10,12-13H2,1H3,(H,20,21)/t14-/m0/s1. The van der Waals surface area contributed by atoms with Gasteiger partial charge in [0.25, 0.3) is 0 Å². The van der Waals surface area contributed by atoms with Crippen molar-refractivity contribution in [1.29, 1.82) is 0 Å². The van der Waals surface area contributed by atoms with Crippen LogP contribution in [0, 0.1) is 0 Å². The van der Waals surface area contributed by atoms with Crippen molar-refractivity contribution in [3.05, 3.63) is 48.4 Å². The molecule has 0 unspecified atom stereocenters. The summed E-state index contributed by atoms with van der Waals surface area (Å²) >= 11 is 0. The van der Waals surface area contributed by atoms with Crippen molar-refractivity contribution < 1.29 is 4.42 Å². The second-order valence-electron chi connectivity index (χ2n) is 6.37. The summed E-state index contributed by atoms with van der Waals surface area (Å²) in [6.07, 6.45) is 9.19. The van der Waals surface area contributed by atoms with Crippen molar-refractivity contribution >= 4 is 0 Å². The molecule has 1 atom stereocenters. The largest absolute Gasteiger partial charge is 0.458 e. The Hall–Kier alpha value is -2.34. The van der Waals surface area contributed by atoms with Gasteiger partial charge in [0, 0.05) is 37.6 Å². The number of imidazole rings is 1. The van der Waals surface area contributed by atoms with E-state index < -0.39 is 0 Å². The number of aromatic amines is 1. The molecule has 6 nitrogen and oxygen atoms in total. The van der Waals surface area contributed by atoms with Gasteiger partial charge in [-0.05, 0) is 37.6 Å². The molecule has 3 aromatic heterocycles. The van der Waals surface area contributed by atoms with Crippen LogP contribution in [-0.4, -0.2) is 37.7 Å². The average Bonchev–Trinajstić information content (AvgIpc) is 3.35. The molecule has 4 heterocycles. The minimum absolute atomic E-state index is 0.512. The lowest BCUT2D eigenvalue weighted by molar-refractivity contribution is 0.158. The summed E-state index contributed by atoms with van der Waals surface area (Å²) in [5, 5.41) is 6.92. The first-order valence-electron chi connectivity index (χ1n) is 8.66. The lowest BCUT2D eigenvalue weighted by atomic mass is 10.1. The zero-order valence-electron chi connectivity index (χ0n) is 14.0. The molecule has 0 saturated carbocycles. The molecular weight excluding hydrogens is 302 g/mol. The molecule has 0 amide bonds. The van der Waals surface area contributed by atoms with Crippen molar-refractivity contribution in [2.75, 3.05) is 13.1 Å². The first-order valence-corrected chi connectivity index (χ1v) is 8.66. The fraction of sp³-hybridized carbons (Fsp3) is 0.444. The van der Waals surface area contributed by atoms with Crippen LogP contribution in [0.25, 0.3) is 11.5 Å². The van der Waals surface area contributed by atoms with Gasteiger partial charge in [-0.2, -0.15) is 5.10 Å². The number of aryl methyl sites for hydroxylation is 1. The lowest BCUT2D eigenvalue weighted by Crippen LogP contribution is -2.36. The molecule has 1 aliphatic rings. The lowest BCUT2D eigenvalue weighted by Gasteiger charge is -2.33. The highest BCUT2D eigenvalue weighted by Gasteiger charge is 2.23. The molecule has 0 spiro atoms. The summed E-state index contributed by atoms with van der Waals surface area (Å²) in [7, 11) is 0. The number of likely N-dealkylation sites (tertiary alicyclic amines) is 1. The van der Waals surface area contributed by atoms with Gasteiger partial charge in [-0.1, -0.05) is 6.92 Å². The third-order valence-corrected chi connectivity index (χ3v) is 4.75. The van der Waals surface area contributed by atoms with Crippen LogP contribution in [0.1, 0.15) is 37.4 Å². The Morgan fingerprint density at radius 2 is 2.25 bits per heavy atom. The number of nitrogens with zero attached hydrogens (tertiary/aromatic N) is 4. The van der Waals surface area contributed by atoms with E-state index in [9.17, 15) is 0 Å². The van der Waals surface area contributed by atoms with Crippen LogP contribution in [0.2, 0.25) is 0 Å². The fourth-order valence-corrected chi connectivity index (χ4v) is 3.57. The highest BCUT2D eigenvalue weighted by molar-refractivity contribution is 5.51. The van der Waals surface area contributed by atoms with Crippen molar-refractivity contribution in [3.63, 3.8) is 0 Å². The first kappa shape index (κ1) is 15.2. The van der Waals surface area contributed by atoms with Gasteiger partial charge in [0.05, 0.1) is 6.54 Å². The van der Waals surface area contributed by atoms with E-state index in [4.69, 9.17) is 4.42 Å². The van der Waals surface area contributed by atoms with E-state index in [1.807, 2.05) is 18.3 Å². The number of H-pyrrole nitrogens is 1. The number of aromatic nitrogens is 4. The van der Waals surface area contributed by atoms with Gasteiger partial charge < -0.3 is 8.98 Å². The molecule has 6 heteroatoms. The van der Waals surface area contributed by atoms with Gasteiger partial charge in [0.15, 0.2) is 5.76 Å². The Kier molecular flexibility index (Phi) is 4.21. The van der Waals surface area contributed by atoms with Gasteiger partial charge >= 0.3 is 0 Å². The van der Waals surface area contributed by atoms with Crippen molar-refractivity contribution in [2.24, 2.45) is 0 Å². The summed E-state index contributed by atoms with van der Waals surface area (Å²) in [6, 6.07) is 6.51. The molecule has 0 aromatic carbocycles. The van der Waals surface area contributed by atoms with Crippen LogP contribution in [0.3, 0.4) is 0 Å². The number of furan rings is 1. The zero-order chi connectivity index (χ0) is 16.4. The van der Waals surface area contributed by atoms with E-state index in [2.05, 4.69) is 43.8 Å². The van der Waals surface area contributed by atoms with Gasteiger partial charge in [0.2, 0.25) is 0 Å². The second-order valence-corrected chi connectivity index (χ2v) is 6.37. The van der Waals surface area contributed by atoms with Crippen LogP contribution in [0.5, 0.6) is 0 Å². The summed E-state index contributed by atoms with van der Waals surface area (Å²) < 4.78 is 8.32. The third-order valence-electron chi connectivity index (χ3n) is 4.75. The van der Waals surface area contributed by atoms with E-state index in [-0.39, 0.29) is 0 Å². The SMILES string of the molecule is CCc1nccn1[C@H]1CCCN(Cc2ccc(-c3ccn[nH]3)o2)C1. The first-order chi connectivity index (χ1) is 11.8. The van der Waals surface area contributed by atoms with Crippen LogP contribution in [-0.2, 0) is 13.0 Å². The molecule has 1 aliphatic heterocycles. The Balaban J connectivity index is 1.43. The number of rotatable bonds is 5. The summed E-state index contributed by atoms with van der Waals surface area (Å²) in [5.41, 5.74) is 0.920. The molecule has 24 heavy (non-hydrogen) atoms. The highest BCUT2D eigenvalue weighted by Crippen LogP contribution is 2.26. The topological polar surface area (TPSA) is 62.9 Å². The van der Waals surface area contributed by atoms with Crippen LogP contribution in [0.15, 0.2) is 41.2 Å². The molecule has 126 valence electrons. The average molecular weight is 325 g/mol. The Morgan fingerprint density at radius 3 is 3.08 bits per heavy atom. The summed E-state index contributed by atoms with van der Waals surface area (Å²) in [6.45, 7) is 5.18. The monoisotopic (exact) mass is 325 g/mol. The van der Waals surface area contributed by atoms with E-state index >= 15 is 0 Å². The van der Waals surface area contributed by atoms with Gasteiger partial charge in [0.1, 0.15) is 17.3 Å². The molecule has 4 rings (SSSR count). The van der Waals surface area contributed by atoms with Crippen molar-refractivity contribution in [1.82, 2.24) is 24.6 Å². The predicted molar refractivity (Wildman–Crippen MR) is 91.4 cm³/mol. The Morgan fingerprint density at radius 1 is 1.29 bits per heavy atom. The molecule has 0 aliphatic carbocycles. The number of hydrogen-bond acceptors (Lipinski definition) is 4. The predicted octanol–water partition coefficient (Wildman–Crippen LogP) is 3.27. The van der Waals surface area contributed by atoms with Gasteiger partial charge in [-0.25, -0.2) is 4.98 Å². The minimum Gasteiger partial charge on any atom is -0.458 e. The smallest absolute Gasteiger partial charge is 0.152 e. The maximum Gasteiger partial charge on any atom is 0.152 e. The fourth-order valence-electron chi connectivity index (χ4n) is 3.57. The Bertz CT molecular complexity index is 773. The number of nitrogens with one attached hydrogen (secondary N) is 1. The highest BCUT2D eigenvalue weighted by atomic mass is 16.3.